The molecule has 27 heavy (non-hydrogen) atoms. The maximum absolute atomic E-state index is 6.36. The van der Waals surface area contributed by atoms with E-state index in [9.17, 15) is 0 Å². The number of benzene rings is 2. The zero-order valence-corrected chi connectivity index (χ0v) is 16.7. The van der Waals surface area contributed by atoms with Crippen LogP contribution in [0.25, 0.3) is 0 Å². The van der Waals surface area contributed by atoms with Gasteiger partial charge >= 0.3 is 0 Å². The van der Waals surface area contributed by atoms with Crippen molar-refractivity contribution in [1.82, 2.24) is 4.90 Å². The second kappa shape index (κ2) is 11.9. The molecule has 146 valence electrons. The quantitative estimate of drug-likeness (QED) is 0.476. The van der Waals surface area contributed by atoms with Crippen LogP contribution in [0.3, 0.4) is 0 Å². The zero-order chi connectivity index (χ0) is 18.6. The molecule has 2 heteroatoms. The zero-order valence-electron chi connectivity index (χ0n) is 16.7. The lowest BCUT2D eigenvalue weighted by atomic mass is 10.0. The maximum Gasteiger partial charge on any atom is 0.0825 e. The second-order valence-corrected chi connectivity index (χ2v) is 7.76. The van der Waals surface area contributed by atoms with Gasteiger partial charge < -0.3 is 9.64 Å². The minimum Gasteiger partial charge on any atom is -0.373 e. The minimum atomic E-state index is 0.221. The van der Waals surface area contributed by atoms with Crippen molar-refractivity contribution in [1.29, 1.82) is 0 Å². The first-order valence-corrected chi connectivity index (χ1v) is 10.8. The molecule has 1 aliphatic heterocycles. The van der Waals surface area contributed by atoms with Crippen LogP contribution in [0.15, 0.2) is 60.7 Å². The molecule has 2 aromatic rings. The van der Waals surface area contributed by atoms with Gasteiger partial charge in [-0.15, -0.1) is 0 Å². The van der Waals surface area contributed by atoms with Gasteiger partial charge in [0.2, 0.25) is 0 Å². The Morgan fingerprint density at radius 1 is 0.778 bits per heavy atom. The highest BCUT2D eigenvalue weighted by atomic mass is 16.5. The predicted octanol–water partition coefficient (Wildman–Crippen LogP) is 6.03. The highest BCUT2D eigenvalue weighted by molar-refractivity contribution is 5.18. The first kappa shape index (κ1) is 20.1. The summed E-state index contributed by atoms with van der Waals surface area (Å²) in [6.45, 7) is 4.60. The van der Waals surface area contributed by atoms with Crippen LogP contribution >= 0.6 is 0 Å². The molecule has 0 saturated carbocycles. The van der Waals surface area contributed by atoms with Crippen LogP contribution in [0, 0.1) is 0 Å². The standard InChI is InChI=1S/C25H35NO/c1-2-10-20-26(19-9-1)21-12-22-27-25(24-16-7-4-8-17-24)18-11-15-23-13-5-3-6-14-23/h3-8,13-14,16-17,25H,1-2,9-12,15,18-22H2. The summed E-state index contributed by atoms with van der Waals surface area (Å²) >= 11 is 0. The summed E-state index contributed by atoms with van der Waals surface area (Å²) in [5, 5.41) is 0. The Kier molecular flexibility index (Phi) is 8.89. The van der Waals surface area contributed by atoms with E-state index in [0.29, 0.717) is 0 Å². The van der Waals surface area contributed by atoms with Crippen LogP contribution in [0.2, 0.25) is 0 Å². The summed E-state index contributed by atoms with van der Waals surface area (Å²) in [7, 11) is 0. The lowest BCUT2D eigenvalue weighted by molar-refractivity contribution is 0.0392. The van der Waals surface area contributed by atoms with E-state index in [4.69, 9.17) is 4.74 Å². The number of rotatable bonds is 10. The molecule has 1 atom stereocenters. The van der Waals surface area contributed by atoms with E-state index in [-0.39, 0.29) is 6.10 Å². The molecule has 0 aromatic heterocycles. The number of likely N-dealkylation sites (tertiary alicyclic amines) is 1. The molecular formula is C25H35NO. The Bertz CT molecular complexity index is 605. The Hall–Kier alpha value is -1.64. The number of ether oxygens (including phenoxy) is 1. The molecule has 0 spiro atoms. The smallest absolute Gasteiger partial charge is 0.0825 e. The van der Waals surface area contributed by atoms with Gasteiger partial charge in [-0.05, 0) is 62.7 Å². The molecule has 1 unspecified atom stereocenters. The molecule has 2 aromatic carbocycles. The van der Waals surface area contributed by atoms with Gasteiger partial charge in [0, 0.05) is 13.2 Å². The third-order valence-corrected chi connectivity index (χ3v) is 5.58. The Morgan fingerprint density at radius 2 is 1.44 bits per heavy atom. The topological polar surface area (TPSA) is 12.5 Å². The van der Waals surface area contributed by atoms with Crippen LogP contribution in [0.1, 0.15) is 62.2 Å². The molecule has 0 radical (unpaired) electrons. The summed E-state index contributed by atoms with van der Waals surface area (Å²) in [5.74, 6) is 0. The lowest BCUT2D eigenvalue weighted by Crippen LogP contribution is -2.26. The summed E-state index contributed by atoms with van der Waals surface area (Å²) in [4.78, 5) is 2.63. The Balaban J connectivity index is 1.43. The van der Waals surface area contributed by atoms with Crippen molar-refractivity contribution in [3.05, 3.63) is 71.8 Å². The number of aryl methyl sites for hydroxylation is 1. The average Bonchev–Trinajstić information content (AvgIpc) is 3.00. The van der Waals surface area contributed by atoms with Crippen LogP contribution in [0.4, 0.5) is 0 Å². The fourth-order valence-electron chi connectivity index (χ4n) is 4.02. The summed E-state index contributed by atoms with van der Waals surface area (Å²) in [6, 6.07) is 21.5. The van der Waals surface area contributed by atoms with Gasteiger partial charge in [0.1, 0.15) is 0 Å². The molecular weight excluding hydrogens is 330 g/mol. The van der Waals surface area contributed by atoms with Crippen molar-refractivity contribution < 1.29 is 4.74 Å². The monoisotopic (exact) mass is 365 g/mol. The first-order valence-electron chi connectivity index (χ1n) is 10.8. The molecule has 2 nitrogen and oxygen atoms in total. The van der Waals surface area contributed by atoms with Crippen molar-refractivity contribution in [2.75, 3.05) is 26.2 Å². The molecule has 0 N–H and O–H groups in total. The highest BCUT2D eigenvalue weighted by Crippen LogP contribution is 2.24. The van der Waals surface area contributed by atoms with Gasteiger partial charge in [-0.3, -0.25) is 0 Å². The largest absolute Gasteiger partial charge is 0.373 e. The summed E-state index contributed by atoms with van der Waals surface area (Å²) < 4.78 is 6.36. The van der Waals surface area contributed by atoms with Gasteiger partial charge in [-0.25, -0.2) is 0 Å². The van der Waals surface area contributed by atoms with E-state index >= 15 is 0 Å². The van der Waals surface area contributed by atoms with Gasteiger partial charge in [-0.1, -0.05) is 73.5 Å². The van der Waals surface area contributed by atoms with Crippen LogP contribution in [0.5, 0.6) is 0 Å². The first-order chi connectivity index (χ1) is 13.4. The van der Waals surface area contributed by atoms with E-state index in [2.05, 4.69) is 65.6 Å². The molecule has 0 aliphatic carbocycles. The van der Waals surface area contributed by atoms with Crippen LogP contribution < -0.4 is 0 Å². The van der Waals surface area contributed by atoms with Crippen molar-refractivity contribution in [2.45, 2.75) is 57.5 Å². The van der Waals surface area contributed by atoms with Crippen LogP contribution in [-0.4, -0.2) is 31.1 Å². The predicted molar refractivity (Wildman–Crippen MR) is 114 cm³/mol. The molecule has 0 amide bonds. The Labute approximate surface area is 165 Å². The molecule has 1 heterocycles. The molecule has 1 fully saturated rings. The SMILES string of the molecule is c1ccc(CCCC(OCCCN2CCCCCC2)c2ccccc2)cc1. The molecule has 1 saturated heterocycles. The van der Waals surface area contributed by atoms with Crippen LogP contribution in [-0.2, 0) is 11.2 Å². The fourth-order valence-corrected chi connectivity index (χ4v) is 4.02. The van der Waals surface area contributed by atoms with Crippen molar-refractivity contribution in [3.63, 3.8) is 0 Å². The van der Waals surface area contributed by atoms with E-state index in [1.54, 1.807) is 0 Å². The minimum absolute atomic E-state index is 0.221. The Morgan fingerprint density at radius 3 is 2.15 bits per heavy atom. The van der Waals surface area contributed by atoms with Crippen molar-refractivity contribution in [3.8, 4) is 0 Å². The van der Waals surface area contributed by atoms with Gasteiger partial charge in [0.15, 0.2) is 0 Å². The van der Waals surface area contributed by atoms with Crippen molar-refractivity contribution in [2.24, 2.45) is 0 Å². The number of nitrogens with zero attached hydrogens (tertiary/aromatic N) is 1. The highest BCUT2D eigenvalue weighted by Gasteiger charge is 2.13. The van der Waals surface area contributed by atoms with Gasteiger partial charge in [0.05, 0.1) is 6.10 Å². The number of hydrogen-bond acceptors (Lipinski definition) is 2. The normalized spacial score (nSPS) is 16.7. The van der Waals surface area contributed by atoms with Crippen molar-refractivity contribution >= 4 is 0 Å². The maximum atomic E-state index is 6.36. The lowest BCUT2D eigenvalue weighted by Gasteiger charge is -2.22. The van der Waals surface area contributed by atoms with E-state index in [1.165, 1.54) is 56.4 Å². The van der Waals surface area contributed by atoms with E-state index in [1.807, 2.05) is 0 Å². The average molecular weight is 366 g/mol. The fraction of sp³-hybridized carbons (Fsp3) is 0.520. The third kappa shape index (κ3) is 7.48. The molecule has 0 bridgehead atoms. The van der Waals surface area contributed by atoms with Gasteiger partial charge in [0.25, 0.3) is 0 Å². The summed E-state index contributed by atoms with van der Waals surface area (Å²) in [6.07, 6.45) is 10.3. The second-order valence-electron chi connectivity index (χ2n) is 7.76. The molecule has 3 rings (SSSR count). The third-order valence-electron chi connectivity index (χ3n) is 5.58. The van der Waals surface area contributed by atoms with E-state index in [0.717, 1.165) is 32.3 Å². The summed E-state index contributed by atoms with van der Waals surface area (Å²) in [5.41, 5.74) is 2.74. The van der Waals surface area contributed by atoms with Gasteiger partial charge in [-0.2, -0.15) is 0 Å². The van der Waals surface area contributed by atoms with E-state index < -0.39 is 0 Å². The molecule has 1 aliphatic rings. The number of hydrogen-bond donors (Lipinski definition) is 0.